The lowest BCUT2D eigenvalue weighted by atomic mass is 8.97. The van der Waals surface area contributed by atoms with Gasteiger partial charge in [-0.2, -0.15) is 0 Å². The number of H-pyrrole nitrogens is 1. The van der Waals surface area contributed by atoms with Gasteiger partial charge in [-0.15, -0.1) is 0 Å². The highest BCUT2D eigenvalue weighted by Crippen LogP contribution is 2.61. The van der Waals surface area contributed by atoms with Gasteiger partial charge in [0.25, 0.3) is 5.56 Å². The molecule has 3 N–H and O–H groups in total. The number of hydrogen-bond donors (Lipinski definition) is 3. The normalized spacial score (nSPS) is 10.1. The van der Waals surface area contributed by atoms with Crippen molar-refractivity contribution in [2.75, 3.05) is 19.8 Å². The molecule has 1 atom stereocenters. The van der Waals surface area contributed by atoms with E-state index in [0.717, 1.165) is 8.95 Å². The van der Waals surface area contributed by atoms with E-state index in [9.17, 15) is 32.7 Å². The first kappa shape index (κ1) is 69.2. The van der Waals surface area contributed by atoms with E-state index >= 15 is 0 Å². The van der Waals surface area contributed by atoms with Crippen LogP contribution in [0.15, 0.2) is 99.8 Å². The smallest absolute Gasteiger partial charge is 0.345 e. The maximum absolute atomic E-state index is 11.7. The number of benzene rings is 2. The zero-order valence-corrected chi connectivity index (χ0v) is 44.0. The Hall–Kier alpha value is -4.06. The Bertz CT molecular complexity index is 2550. The molecule has 0 spiro atoms. The van der Waals surface area contributed by atoms with Crippen LogP contribution in [0.4, 0.5) is 0 Å². The number of carbonyl (C=O) groups is 4. The number of nitrogens with one attached hydrogen (secondary N) is 1. The summed E-state index contributed by atoms with van der Waals surface area (Å²) in [5, 5.41) is 5.63. The summed E-state index contributed by atoms with van der Waals surface area (Å²) in [5.41, 5.74) is -0.295. The number of thiocarbonyl (C=S) groups is 1. The van der Waals surface area contributed by atoms with E-state index in [2.05, 4.69) is 112 Å². The van der Waals surface area contributed by atoms with Crippen LogP contribution in [-0.2, 0) is 33.4 Å². The van der Waals surface area contributed by atoms with Gasteiger partial charge in [-0.25, -0.2) is 43.5 Å². The van der Waals surface area contributed by atoms with Gasteiger partial charge in [-0.05, 0) is 115 Å². The monoisotopic (exact) mass is 1210 g/mol. The summed E-state index contributed by atoms with van der Waals surface area (Å²) in [7, 11) is 12.3. The molecule has 5 aromatic rings. The number of carbonyl (C=O) groups excluding carboxylic acids is 4. The average Bonchev–Trinajstić information content (AvgIpc) is 3.29. The minimum Gasteiger partial charge on any atom is -0.508 e. The van der Waals surface area contributed by atoms with Crippen LogP contribution in [0, 0.1) is 0 Å². The molecule has 0 aliphatic heterocycles. The Balaban J connectivity index is -0.000000775. The van der Waals surface area contributed by atoms with Crippen molar-refractivity contribution in [2.24, 2.45) is 0 Å². The highest BCUT2D eigenvalue weighted by Gasteiger charge is 2.16. The third kappa shape index (κ3) is 36.5. The molecule has 0 saturated carbocycles. The van der Waals surface area contributed by atoms with E-state index < -0.39 is 44.9 Å². The van der Waals surface area contributed by atoms with Gasteiger partial charge < -0.3 is 33.6 Å². The first-order valence-electron chi connectivity index (χ1n) is 17.9. The number of phenolic OH excluding ortho intramolecular Hbond substituents is 1. The molecule has 2 aromatic carbocycles. The number of rotatable bonds is 10. The van der Waals surface area contributed by atoms with Crippen molar-refractivity contribution in [3.63, 3.8) is 0 Å². The van der Waals surface area contributed by atoms with Gasteiger partial charge in [0, 0.05) is 68.5 Å². The number of esters is 3. The number of aromatic hydroxyl groups is 1. The molecular formula is C36H37B5Br2Cl4N6O13PS2. The van der Waals surface area contributed by atoms with E-state index in [1.165, 1.54) is 48.9 Å². The van der Waals surface area contributed by atoms with Crippen LogP contribution < -0.4 is 10.3 Å². The second-order valence-corrected chi connectivity index (χ2v) is 21.7. The van der Waals surface area contributed by atoms with Crippen LogP contribution in [0.2, 0.25) is 5.15 Å². The van der Waals surface area contributed by atoms with Crippen LogP contribution in [0.5, 0.6) is 17.4 Å². The Kier molecular flexibility index (Phi) is 39.8. The Morgan fingerprint density at radius 1 is 0.855 bits per heavy atom. The van der Waals surface area contributed by atoms with Crippen molar-refractivity contribution in [2.45, 2.75) is 28.2 Å². The van der Waals surface area contributed by atoms with Crippen LogP contribution in [0.25, 0.3) is 0 Å². The summed E-state index contributed by atoms with van der Waals surface area (Å²) >= 11 is 29.9. The standard InChI is InChI=1S/C13H11BrN2O3.C7H7ClN2O2.C7H8N2O3.C6H5BrO.C2H2O3S2.CH4.B5.Cl3OP/c1-2-18-13(17)11-7-15-8-16-12(11)19-10-5-3-9(14)4-6-10;1-2-12-7(11)5-3-9-4-10-6(5)8;1-2-12-7(11)5-3-8-4-9-6(5)10;7-5-1-3-6(8)4-2-5;3-1-7(4,5)2-6;;1-4-5(2)3;1-5(2,3)4/h3-8H,2H2,1H3;3-4H,2H2,1H3;3-4H,2H2,1H3,(H,8,9,10);1-4,8H;1H,(H,4,5);1H4;;. The van der Waals surface area contributed by atoms with Gasteiger partial charge >= 0.3 is 23.1 Å². The van der Waals surface area contributed by atoms with E-state index in [-0.39, 0.29) is 54.0 Å². The number of aromatic amines is 1. The molecule has 0 amide bonds. The number of halogens is 6. The third-order valence-corrected chi connectivity index (χ3v) is 8.45. The van der Waals surface area contributed by atoms with Gasteiger partial charge in [0.1, 0.15) is 46.0 Å². The summed E-state index contributed by atoms with van der Waals surface area (Å²) in [4.78, 5) is 75.0. The number of phenols is 1. The lowest BCUT2D eigenvalue weighted by molar-refractivity contribution is 0.0513. The van der Waals surface area contributed by atoms with Crippen LogP contribution >= 0.6 is 94.6 Å². The highest BCUT2D eigenvalue weighted by atomic mass is 79.9. The average molecular weight is 1210 g/mol. The second-order valence-electron chi connectivity index (χ2n) is 10.9. The number of aromatic nitrogens is 6. The maximum Gasteiger partial charge on any atom is 0.345 e. The minimum atomic E-state index is -3.52. The molecule has 19 nitrogen and oxygen atoms in total. The Labute approximate surface area is 444 Å². The van der Waals surface area contributed by atoms with Gasteiger partial charge in [-0.1, -0.05) is 50.9 Å². The molecule has 3 heterocycles. The van der Waals surface area contributed by atoms with Crippen molar-refractivity contribution in [3.8, 4) is 17.4 Å². The molecule has 3 aromatic heterocycles. The van der Waals surface area contributed by atoms with Crippen molar-refractivity contribution in [1.82, 2.24) is 29.9 Å². The number of ether oxygens (including phenoxy) is 4. The van der Waals surface area contributed by atoms with E-state index in [1.54, 1.807) is 57.2 Å². The predicted molar refractivity (Wildman–Crippen MR) is 283 cm³/mol. The van der Waals surface area contributed by atoms with E-state index in [4.69, 9.17) is 58.7 Å². The Morgan fingerprint density at radius 3 is 1.64 bits per heavy atom. The topological polar surface area (TPSA) is 277 Å². The minimum absolute atomic E-state index is 0. The van der Waals surface area contributed by atoms with Crippen LogP contribution in [0.1, 0.15) is 59.3 Å². The van der Waals surface area contributed by atoms with Gasteiger partial charge in [0.2, 0.25) is 11.5 Å². The van der Waals surface area contributed by atoms with Gasteiger partial charge in [-0.3, -0.25) is 14.2 Å². The molecule has 0 aliphatic rings. The summed E-state index contributed by atoms with van der Waals surface area (Å²) in [6, 6.07) is 14.0. The van der Waals surface area contributed by atoms with Crippen molar-refractivity contribution in [1.29, 1.82) is 0 Å². The van der Waals surface area contributed by atoms with Gasteiger partial charge in [0.05, 0.1) is 26.1 Å². The number of nitrogens with zero attached hydrogens (tertiary/aromatic N) is 5. The number of hydrogen-bond acceptors (Lipinski definition) is 18. The zero-order valence-electron chi connectivity index (χ0n) is 35.3. The molecule has 0 fully saturated rings. The molecule has 0 bridgehead atoms. The Morgan fingerprint density at radius 2 is 1.26 bits per heavy atom. The summed E-state index contributed by atoms with van der Waals surface area (Å²) in [6.45, 7) is 5.96. The molecule has 33 heteroatoms. The molecule has 0 saturated heterocycles. The van der Waals surface area contributed by atoms with E-state index in [1.807, 2.05) is 12.1 Å². The lowest BCUT2D eigenvalue weighted by Gasteiger charge is -2.08. The van der Waals surface area contributed by atoms with Crippen molar-refractivity contribution < 1.29 is 56.6 Å². The highest BCUT2D eigenvalue weighted by molar-refractivity contribution is 9.10. The first-order valence-corrected chi connectivity index (χ1v) is 26.3. The van der Waals surface area contributed by atoms with Crippen molar-refractivity contribution >= 4 is 169 Å². The maximum atomic E-state index is 11.7. The fourth-order valence-corrected chi connectivity index (χ4v) is 4.04. The summed E-state index contributed by atoms with van der Waals surface area (Å²) < 4.78 is 50.7. The molecule has 7 radical (unpaired) electrons. The van der Waals surface area contributed by atoms with Gasteiger partial charge in [0.15, 0.2) is 9.80 Å². The largest absolute Gasteiger partial charge is 0.508 e. The molecule has 5 rings (SSSR count). The molecule has 1 unspecified atom stereocenters. The summed E-state index contributed by atoms with van der Waals surface area (Å²) in [6.07, 6.45) is 7.21. The first-order chi connectivity index (χ1) is 31.9. The fourth-order valence-electron chi connectivity index (χ4n) is 3.18. The van der Waals surface area contributed by atoms with Crippen molar-refractivity contribution in [3.05, 3.63) is 127 Å². The lowest BCUT2D eigenvalue weighted by Crippen LogP contribution is -2.23. The summed E-state index contributed by atoms with van der Waals surface area (Å²) in [5.74, 6) is -0.596. The second kappa shape index (κ2) is 39.6. The molecule has 69 heavy (non-hydrogen) atoms. The molecule has 0 aliphatic carbocycles. The quantitative estimate of drug-likeness (QED) is 0.0228. The van der Waals surface area contributed by atoms with E-state index in [0.29, 0.717) is 18.1 Å². The zero-order chi connectivity index (χ0) is 52.3. The SMILES string of the molecule is C.CCOC(=O)c1cnc[nH]c1=O.CCOC(=O)c1cncnc1Cl.CCOC(=O)c1cncnc1Oc1ccc(Br)cc1.O=CS(=O)(O)=C=S.O=P(Cl)(Cl)Cl.Oc1ccc(Br)cc1.[B][B]B([B])[B]. The van der Waals surface area contributed by atoms with Crippen LogP contribution in [-0.4, -0.2) is 128 Å². The van der Waals surface area contributed by atoms with Crippen LogP contribution in [0.3, 0.4) is 0 Å². The fraction of sp³-hybridized carbons (Fsp3) is 0.194. The third-order valence-electron chi connectivity index (χ3n) is 5.87. The molecular weight excluding hydrogens is 1180 g/mol. The predicted octanol–water partition coefficient (Wildman–Crippen LogP) is 7.93. The molecule has 363 valence electrons.